The predicted octanol–water partition coefficient (Wildman–Crippen LogP) is 3.95. The molecule has 2 aromatic carbocycles. The molecule has 1 N–H and O–H groups in total. The highest BCUT2D eigenvalue weighted by Gasteiger charge is 1.92. The average Bonchev–Trinajstić information content (AvgIpc) is 2.30. The Morgan fingerprint density at radius 1 is 0.750 bits per heavy atom. The molecule has 2 aromatic rings. The Bertz CT molecular complexity index is 444. The summed E-state index contributed by atoms with van der Waals surface area (Å²) >= 11 is 0. The summed E-state index contributed by atoms with van der Waals surface area (Å²) < 4.78 is 12.6. The first-order valence-electron chi connectivity index (χ1n) is 4.70. The number of rotatable bonds is 2. The molecule has 3 nitrogen and oxygen atoms in total. The largest absolute Gasteiger partial charge is 0.508 e. The van der Waals surface area contributed by atoms with Gasteiger partial charge in [0, 0.05) is 0 Å². The normalized spacial score (nSPS) is 10.8. The van der Waals surface area contributed by atoms with Gasteiger partial charge in [-0.15, -0.1) is 0 Å². The number of aromatic hydroxyl groups is 1. The van der Waals surface area contributed by atoms with Crippen LogP contribution in [0.25, 0.3) is 0 Å². The molecule has 0 radical (unpaired) electrons. The highest BCUT2D eigenvalue weighted by molar-refractivity contribution is 5.42. The van der Waals surface area contributed by atoms with Gasteiger partial charge in [0.2, 0.25) is 0 Å². The summed E-state index contributed by atoms with van der Waals surface area (Å²) in [5.74, 6) is -0.121. The van der Waals surface area contributed by atoms with Crippen LogP contribution in [0.3, 0.4) is 0 Å². The maximum atomic E-state index is 12.6. The minimum absolute atomic E-state index is 0.181. The van der Waals surface area contributed by atoms with Gasteiger partial charge in [-0.1, -0.05) is 0 Å². The minimum Gasteiger partial charge on any atom is -0.508 e. The fourth-order valence-corrected chi connectivity index (χ4v) is 1.14. The number of halogens is 1. The maximum absolute atomic E-state index is 12.6. The number of hydrogen-bond acceptors (Lipinski definition) is 3. The Morgan fingerprint density at radius 3 is 1.69 bits per heavy atom. The summed E-state index contributed by atoms with van der Waals surface area (Å²) in [5, 5.41) is 16.9. The molecule has 2 rings (SSSR count). The number of azo groups is 1. The van der Waals surface area contributed by atoms with Crippen LogP contribution < -0.4 is 0 Å². The number of nitrogens with zero attached hydrogens (tertiary/aromatic N) is 2. The van der Waals surface area contributed by atoms with Crippen molar-refractivity contribution < 1.29 is 9.50 Å². The third-order valence-electron chi connectivity index (χ3n) is 1.96. The van der Waals surface area contributed by atoms with Crippen molar-refractivity contribution >= 4 is 11.4 Å². The van der Waals surface area contributed by atoms with Crippen LogP contribution in [0.1, 0.15) is 0 Å². The smallest absolute Gasteiger partial charge is 0.123 e. The molecule has 0 heterocycles. The van der Waals surface area contributed by atoms with Crippen LogP contribution >= 0.6 is 0 Å². The topological polar surface area (TPSA) is 45.0 Å². The molecule has 0 aliphatic rings. The number of phenols is 1. The van der Waals surface area contributed by atoms with Crippen LogP contribution in [0.4, 0.5) is 15.8 Å². The van der Waals surface area contributed by atoms with E-state index in [1.54, 1.807) is 24.3 Å². The van der Waals surface area contributed by atoms with Crippen molar-refractivity contribution in [2.75, 3.05) is 0 Å². The molecule has 0 unspecified atom stereocenters. The van der Waals surface area contributed by atoms with Crippen LogP contribution in [-0.2, 0) is 0 Å². The summed E-state index contributed by atoms with van der Waals surface area (Å²) in [4.78, 5) is 0. The van der Waals surface area contributed by atoms with Crippen LogP contribution in [0, 0.1) is 5.82 Å². The Hall–Kier alpha value is -2.23. The lowest BCUT2D eigenvalue weighted by Gasteiger charge is -1.94. The maximum Gasteiger partial charge on any atom is 0.123 e. The number of benzene rings is 2. The van der Waals surface area contributed by atoms with Gasteiger partial charge >= 0.3 is 0 Å². The van der Waals surface area contributed by atoms with Gasteiger partial charge in [-0.25, -0.2) is 4.39 Å². The third kappa shape index (κ3) is 2.63. The lowest BCUT2D eigenvalue weighted by atomic mass is 10.3. The molecule has 0 amide bonds. The van der Waals surface area contributed by atoms with Crippen LogP contribution in [0.5, 0.6) is 5.75 Å². The quantitative estimate of drug-likeness (QED) is 0.759. The fourth-order valence-electron chi connectivity index (χ4n) is 1.14. The molecule has 0 saturated carbocycles. The van der Waals surface area contributed by atoms with Crippen molar-refractivity contribution in [1.82, 2.24) is 0 Å². The van der Waals surface area contributed by atoms with Gasteiger partial charge in [0.05, 0.1) is 11.4 Å². The van der Waals surface area contributed by atoms with Gasteiger partial charge in [-0.2, -0.15) is 10.2 Å². The highest BCUT2D eigenvalue weighted by atomic mass is 19.1. The fraction of sp³-hybridized carbons (Fsp3) is 0. The summed E-state index contributed by atoms with van der Waals surface area (Å²) in [6, 6.07) is 12.1. The van der Waals surface area contributed by atoms with Gasteiger partial charge in [0.1, 0.15) is 11.6 Å². The van der Waals surface area contributed by atoms with Gasteiger partial charge in [-0.05, 0) is 48.5 Å². The van der Waals surface area contributed by atoms with Crippen molar-refractivity contribution in [1.29, 1.82) is 0 Å². The van der Waals surface area contributed by atoms with E-state index in [9.17, 15) is 4.39 Å². The second-order valence-electron chi connectivity index (χ2n) is 3.19. The monoisotopic (exact) mass is 216 g/mol. The Balaban J connectivity index is 2.15. The van der Waals surface area contributed by atoms with E-state index in [-0.39, 0.29) is 11.6 Å². The van der Waals surface area contributed by atoms with Gasteiger partial charge < -0.3 is 5.11 Å². The second-order valence-corrected chi connectivity index (χ2v) is 3.19. The molecular weight excluding hydrogens is 207 g/mol. The minimum atomic E-state index is -0.302. The molecule has 0 bridgehead atoms. The first-order chi connectivity index (χ1) is 7.74. The van der Waals surface area contributed by atoms with E-state index in [0.29, 0.717) is 11.4 Å². The van der Waals surface area contributed by atoms with Crippen LogP contribution in [0.2, 0.25) is 0 Å². The summed E-state index contributed by atoms with van der Waals surface area (Å²) in [5.41, 5.74) is 1.21. The van der Waals surface area contributed by atoms with E-state index in [1.165, 1.54) is 24.3 Å². The van der Waals surface area contributed by atoms with E-state index >= 15 is 0 Å². The van der Waals surface area contributed by atoms with Crippen molar-refractivity contribution in [2.45, 2.75) is 0 Å². The van der Waals surface area contributed by atoms with E-state index in [2.05, 4.69) is 10.2 Å². The summed E-state index contributed by atoms with van der Waals surface area (Å²) in [7, 11) is 0. The third-order valence-corrected chi connectivity index (χ3v) is 1.96. The predicted molar refractivity (Wildman–Crippen MR) is 58.7 cm³/mol. The number of phenolic OH excluding ortho intramolecular Hbond substituents is 1. The Labute approximate surface area is 91.9 Å². The molecule has 16 heavy (non-hydrogen) atoms. The van der Waals surface area contributed by atoms with Gasteiger partial charge in [-0.3, -0.25) is 0 Å². The zero-order chi connectivity index (χ0) is 11.4. The molecule has 0 aliphatic heterocycles. The Kier molecular flexibility index (Phi) is 2.91. The second kappa shape index (κ2) is 4.53. The molecule has 0 atom stereocenters. The van der Waals surface area contributed by atoms with Crippen LogP contribution in [-0.4, -0.2) is 5.11 Å². The summed E-state index contributed by atoms with van der Waals surface area (Å²) in [6.07, 6.45) is 0. The zero-order valence-corrected chi connectivity index (χ0v) is 8.34. The van der Waals surface area contributed by atoms with E-state index < -0.39 is 0 Å². The van der Waals surface area contributed by atoms with Gasteiger partial charge in [0.15, 0.2) is 0 Å². The molecule has 0 spiro atoms. The first-order valence-corrected chi connectivity index (χ1v) is 4.70. The van der Waals surface area contributed by atoms with Crippen molar-refractivity contribution in [2.24, 2.45) is 10.2 Å². The molecule has 0 aromatic heterocycles. The molecular formula is C12H9FN2O. The molecule has 4 heteroatoms. The molecule has 0 saturated heterocycles. The number of hydrogen-bond donors (Lipinski definition) is 1. The first kappa shape index (κ1) is 10.3. The highest BCUT2D eigenvalue weighted by Crippen LogP contribution is 2.20. The van der Waals surface area contributed by atoms with Crippen molar-refractivity contribution in [3.8, 4) is 5.75 Å². The van der Waals surface area contributed by atoms with E-state index in [4.69, 9.17) is 5.11 Å². The average molecular weight is 216 g/mol. The van der Waals surface area contributed by atoms with E-state index in [0.717, 1.165) is 0 Å². The molecule has 80 valence electrons. The summed E-state index contributed by atoms with van der Waals surface area (Å²) in [6.45, 7) is 0. The van der Waals surface area contributed by atoms with Crippen molar-refractivity contribution in [3.05, 3.63) is 54.3 Å². The molecule has 0 fully saturated rings. The SMILES string of the molecule is Oc1ccc(/N=N/c2ccc(F)cc2)cc1. The van der Waals surface area contributed by atoms with Gasteiger partial charge in [0.25, 0.3) is 0 Å². The van der Waals surface area contributed by atoms with Crippen molar-refractivity contribution in [3.63, 3.8) is 0 Å². The van der Waals surface area contributed by atoms with Crippen LogP contribution in [0.15, 0.2) is 58.8 Å². The zero-order valence-electron chi connectivity index (χ0n) is 8.34. The lowest BCUT2D eigenvalue weighted by molar-refractivity contribution is 0.475. The van der Waals surface area contributed by atoms with E-state index in [1.807, 2.05) is 0 Å². The Morgan fingerprint density at radius 2 is 1.19 bits per heavy atom. The molecule has 0 aliphatic carbocycles. The lowest BCUT2D eigenvalue weighted by Crippen LogP contribution is -1.69. The standard InChI is InChI=1S/C12H9FN2O/c13-9-1-3-10(4-2-9)14-15-11-5-7-12(16)8-6-11/h1-8,16H/b15-14+.